The van der Waals surface area contributed by atoms with Crippen LogP contribution in [0.25, 0.3) is 0 Å². The van der Waals surface area contributed by atoms with Gasteiger partial charge in [-0.15, -0.1) is 0 Å². The third-order valence-corrected chi connectivity index (χ3v) is 3.15. The molecule has 0 bridgehead atoms. The van der Waals surface area contributed by atoms with E-state index in [0.717, 1.165) is 18.9 Å². The van der Waals surface area contributed by atoms with Crippen molar-refractivity contribution in [2.75, 3.05) is 0 Å². The Morgan fingerprint density at radius 3 is 2.06 bits per heavy atom. The molecular formula is C12H13F3O. The number of alkyl halides is 3. The van der Waals surface area contributed by atoms with Crippen LogP contribution in [0.2, 0.25) is 0 Å². The van der Waals surface area contributed by atoms with Crippen LogP contribution in [-0.2, 0) is 11.8 Å². The van der Waals surface area contributed by atoms with Crippen LogP contribution in [-0.4, -0.2) is 5.11 Å². The summed E-state index contributed by atoms with van der Waals surface area (Å²) in [7, 11) is 0. The lowest BCUT2D eigenvalue weighted by molar-refractivity contribution is -0.140. The molecule has 0 spiro atoms. The second-order valence-corrected chi connectivity index (χ2v) is 4.47. The number of hydrogen-bond donors (Lipinski definition) is 1. The quantitative estimate of drug-likeness (QED) is 0.826. The summed E-state index contributed by atoms with van der Waals surface area (Å²) in [5, 5.41) is 10.2. The number of hydrogen-bond acceptors (Lipinski definition) is 1. The molecule has 1 fully saturated rings. The van der Waals surface area contributed by atoms with E-state index in [9.17, 15) is 18.3 Å². The average Bonchev–Trinajstić information content (AvgIpc) is 2.99. The number of aliphatic hydroxyl groups is 1. The van der Waals surface area contributed by atoms with Crippen LogP contribution >= 0.6 is 0 Å². The van der Waals surface area contributed by atoms with Gasteiger partial charge in [-0.3, -0.25) is 0 Å². The van der Waals surface area contributed by atoms with Gasteiger partial charge in [0, 0.05) is 0 Å². The van der Waals surface area contributed by atoms with Crippen LogP contribution < -0.4 is 0 Å². The smallest absolute Gasteiger partial charge is 0.385 e. The predicted octanol–water partition coefficient (Wildman–Crippen LogP) is 3.32. The van der Waals surface area contributed by atoms with Crippen LogP contribution in [0.1, 0.15) is 30.9 Å². The van der Waals surface area contributed by atoms with Gasteiger partial charge < -0.3 is 5.11 Å². The van der Waals surface area contributed by atoms with Gasteiger partial charge in [-0.05, 0) is 37.3 Å². The highest BCUT2D eigenvalue weighted by molar-refractivity contribution is 5.35. The van der Waals surface area contributed by atoms with Crippen molar-refractivity contribution in [1.29, 1.82) is 0 Å². The van der Waals surface area contributed by atoms with Crippen LogP contribution in [0.3, 0.4) is 0 Å². The van der Waals surface area contributed by atoms with E-state index in [0.29, 0.717) is 0 Å². The molecule has 1 atom stereocenters. The van der Waals surface area contributed by atoms with Gasteiger partial charge >= 0.3 is 6.18 Å². The molecule has 0 heterocycles. The Balaban J connectivity index is 2.48. The van der Waals surface area contributed by atoms with Crippen molar-refractivity contribution < 1.29 is 18.3 Å². The maximum absolute atomic E-state index is 12.8. The van der Waals surface area contributed by atoms with E-state index in [4.69, 9.17) is 0 Å². The summed E-state index contributed by atoms with van der Waals surface area (Å²) in [6, 6.07) is 5.25. The molecule has 0 aliphatic heterocycles. The summed E-state index contributed by atoms with van der Waals surface area (Å²) < 4.78 is 38.3. The van der Waals surface area contributed by atoms with E-state index in [1.54, 1.807) is 0 Å². The second kappa shape index (κ2) is 3.48. The van der Waals surface area contributed by atoms with Crippen molar-refractivity contribution in [1.82, 2.24) is 0 Å². The minimum Gasteiger partial charge on any atom is -0.385 e. The molecule has 1 aliphatic rings. The lowest BCUT2D eigenvalue weighted by atomic mass is 9.87. The highest BCUT2D eigenvalue weighted by atomic mass is 19.4. The maximum atomic E-state index is 12.8. The monoisotopic (exact) mass is 230 g/mol. The average molecular weight is 230 g/mol. The Labute approximate surface area is 91.9 Å². The number of halogens is 3. The molecule has 0 saturated heterocycles. The Morgan fingerprint density at radius 1 is 1.12 bits per heavy atom. The van der Waals surface area contributed by atoms with Gasteiger partial charge in [-0.1, -0.05) is 18.2 Å². The maximum Gasteiger partial charge on any atom is 0.416 e. The summed E-state index contributed by atoms with van der Waals surface area (Å²) in [5.41, 5.74) is -2.11. The summed E-state index contributed by atoms with van der Waals surface area (Å²) in [4.78, 5) is 0. The number of rotatable bonds is 2. The highest BCUT2D eigenvalue weighted by Gasteiger charge is 2.46. The molecule has 1 nitrogen and oxygen atoms in total. The molecule has 16 heavy (non-hydrogen) atoms. The van der Waals surface area contributed by atoms with Crippen molar-refractivity contribution in [3.05, 3.63) is 35.4 Å². The lowest BCUT2D eigenvalue weighted by Gasteiger charge is -2.27. The fourth-order valence-corrected chi connectivity index (χ4v) is 2.04. The molecule has 1 aromatic carbocycles. The van der Waals surface area contributed by atoms with Crippen molar-refractivity contribution >= 4 is 0 Å². The summed E-state index contributed by atoms with van der Waals surface area (Å²) in [5.74, 6) is -0.0454. The van der Waals surface area contributed by atoms with E-state index < -0.39 is 17.3 Å². The summed E-state index contributed by atoms with van der Waals surface area (Å²) in [6.07, 6.45) is -2.83. The van der Waals surface area contributed by atoms with Gasteiger partial charge in [0.2, 0.25) is 0 Å². The van der Waals surface area contributed by atoms with Gasteiger partial charge in [0.1, 0.15) is 0 Å². The van der Waals surface area contributed by atoms with Gasteiger partial charge in [-0.2, -0.15) is 13.2 Å². The standard InChI is InChI=1S/C12H13F3O/c1-11(16,8-6-7-8)9-4-2-3-5-10(9)12(13,14)15/h2-5,8,16H,6-7H2,1H3. The van der Waals surface area contributed by atoms with Gasteiger partial charge in [0.15, 0.2) is 0 Å². The van der Waals surface area contributed by atoms with Crippen molar-refractivity contribution in [2.45, 2.75) is 31.5 Å². The van der Waals surface area contributed by atoms with E-state index in [1.165, 1.54) is 25.1 Å². The molecule has 88 valence electrons. The molecule has 0 radical (unpaired) electrons. The Hall–Kier alpha value is -1.03. The van der Waals surface area contributed by atoms with Crippen LogP contribution in [0.5, 0.6) is 0 Å². The lowest BCUT2D eigenvalue weighted by Crippen LogP contribution is -2.27. The molecule has 1 aliphatic carbocycles. The second-order valence-electron chi connectivity index (χ2n) is 4.47. The first kappa shape index (κ1) is 11.5. The van der Waals surface area contributed by atoms with Gasteiger partial charge in [-0.25, -0.2) is 0 Å². The molecule has 1 saturated carbocycles. The van der Waals surface area contributed by atoms with E-state index in [1.807, 2.05) is 0 Å². The molecule has 0 aromatic heterocycles. The first-order valence-electron chi connectivity index (χ1n) is 5.22. The molecule has 1 aromatic rings. The van der Waals surface area contributed by atoms with Crippen LogP contribution in [0, 0.1) is 5.92 Å². The van der Waals surface area contributed by atoms with E-state index >= 15 is 0 Å². The highest BCUT2D eigenvalue weighted by Crippen LogP contribution is 2.48. The minimum atomic E-state index is -4.41. The van der Waals surface area contributed by atoms with Gasteiger partial charge in [0.25, 0.3) is 0 Å². The molecule has 1 unspecified atom stereocenters. The number of benzene rings is 1. The van der Waals surface area contributed by atoms with Gasteiger partial charge in [0.05, 0.1) is 11.2 Å². The van der Waals surface area contributed by atoms with Crippen molar-refractivity contribution in [3.8, 4) is 0 Å². The molecule has 0 amide bonds. The first-order chi connectivity index (χ1) is 7.33. The van der Waals surface area contributed by atoms with Crippen LogP contribution in [0.15, 0.2) is 24.3 Å². The normalized spacial score (nSPS) is 20.6. The zero-order chi connectivity index (χ0) is 12.0. The zero-order valence-electron chi connectivity index (χ0n) is 8.88. The SMILES string of the molecule is CC(O)(c1ccccc1C(F)(F)F)C1CC1. The van der Waals surface area contributed by atoms with Crippen LogP contribution in [0.4, 0.5) is 13.2 Å². The third kappa shape index (κ3) is 1.94. The Morgan fingerprint density at radius 2 is 1.62 bits per heavy atom. The molecule has 2 rings (SSSR count). The largest absolute Gasteiger partial charge is 0.416 e. The Bertz CT molecular complexity index is 391. The Kier molecular flexibility index (Phi) is 2.49. The van der Waals surface area contributed by atoms with E-state index in [2.05, 4.69) is 0 Å². The molecular weight excluding hydrogens is 217 g/mol. The van der Waals surface area contributed by atoms with Crippen molar-refractivity contribution in [3.63, 3.8) is 0 Å². The molecule has 1 N–H and O–H groups in total. The third-order valence-electron chi connectivity index (χ3n) is 3.15. The summed E-state index contributed by atoms with van der Waals surface area (Å²) in [6.45, 7) is 1.47. The topological polar surface area (TPSA) is 20.2 Å². The first-order valence-corrected chi connectivity index (χ1v) is 5.22. The predicted molar refractivity (Wildman–Crippen MR) is 53.7 cm³/mol. The minimum absolute atomic E-state index is 0.00926. The van der Waals surface area contributed by atoms with Crippen molar-refractivity contribution in [2.24, 2.45) is 5.92 Å². The fourth-order valence-electron chi connectivity index (χ4n) is 2.04. The van der Waals surface area contributed by atoms with E-state index in [-0.39, 0.29) is 11.5 Å². The fraction of sp³-hybridized carbons (Fsp3) is 0.500. The molecule has 4 heteroatoms. The zero-order valence-corrected chi connectivity index (χ0v) is 8.88. The summed E-state index contributed by atoms with van der Waals surface area (Å²) >= 11 is 0.